The fraction of sp³-hybridized carbons (Fsp3) is 0.133. The molecule has 0 bridgehead atoms. The van der Waals surface area contributed by atoms with Crippen molar-refractivity contribution >= 4 is 11.6 Å². The van der Waals surface area contributed by atoms with Crippen LogP contribution in [0.1, 0.15) is 27.7 Å². The van der Waals surface area contributed by atoms with E-state index >= 15 is 0 Å². The van der Waals surface area contributed by atoms with Gasteiger partial charge in [-0.15, -0.1) is 10.2 Å². The minimum Gasteiger partial charge on any atom is -0.465 e. The number of hydrogen-bond acceptors (Lipinski definition) is 6. The van der Waals surface area contributed by atoms with Crippen LogP contribution in [0.4, 0.5) is 0 Å². The van der Waals surface area contributed by atoms with Crippen molar-refractivity contribution in [3.63, 3.8) is 0 Å². The molecule has 0 aliphatic rings. The molecule has 110 valence electrons. The Morgan fingerprint density at radius 2 is 1.82 bits per heavy atom. The molecule has 0 amide bonds. The molecular formula is C15H12N4O3. The molecule has 0 radical (unpaired) electrons. The van der Waals surface area contributed by atoms with Gasteiger partial charge < -0.3 is 4.42 Å². The molecule has 7 nitrogen and oxygen atoms in total. The van der Waals surface area contributed by atoms with Crippen molar-refractivity contribution in [2.24, 2.45) is 0 Å². The zero-order valence-corrected chi connectivity index (χ0v) is 11.5. The third-order valence-corrected chi connectivity index (χ3v) is 3.07. The molecule has 3 aromatic rings. The van der Waals surface area contributed by atoms with Gasteiger partial charge in [-0.2, -0.15) is 5.21 Å². The van der Waals surface area contributed by atoms with E-state index in [0.29, 0.717) is 12.2 Å². The summed E-state index contributed by atoms with van der Waals surface area (Å²) in [6, 6.07) is 13.3. The van der Waals surface area contributed by atoms with Crippen LogP contribution in [-0.4, -0.2) is 32.2 Å². The molecule has 1 aromatic carbocycles. The van der Waals surface area contributed by atoms with Crippen molar-refractivity contribution in [2.45, 2.75) is 12.8 Å². The number of nitrogens with zero attached hydrogens (tertiary/aromatic N) is 3. The summed E-state index contributed by atoms with van der Waals surface area (Å²) in [4.78, 5) is 23.6. The quantitative estimate of drug-likeness (QED) is 0.544. The van der Waals surface area contributed by atoms with Crippen LogP contribution in [0.5, 0.6) is 0 Å². The van der Waals surface area contributed by atoms with E-state index in [1.807, 2.05) is 30.3 Å². The predicted molar refractivity (Wildman–Crippen MR) is 75.2 cm³/mol. The number of rotatable bonds is 6. The highest BCUT2D eigenvalue weighted by Gasteiger charge is 2.22. The van der Waals surface area contributed by atoms with Crippen molar-refractivity contribution in [1.82, 2.24) is 20.6 Å². The average molecular weight is 296 g/mol. The van der Waals surface area contributed by atoms with E-state index in [9.17, 15) is 9.59 Å². The maximum Gasteiger partial charge on any atom is 0.269 e. The van der Waals surface area contributed by atoms with E-state index in [0.717, 1.165) is 11.3 Å². The molecule has 7 heteroatoms. The number of ketones is 2. The number of furan rings is 1. The second-order valence-corrected chi connectivity index (χ2v) is 4.69. The van der Waals surface area contributed by atoms with E-state index in [2.05, 4.69) is 20.6 Å². The van der Waals surface area contributed by atoms with Gasteiger partial charge in [0, 0.05) is 6.42 Å². The summed E-state index contributed by atoms with van der Waals surface area (Å²) in [5.74, 6) is -0.480. The van der Waals surface area contributed by atoms with Gasteiger partial charge in [0.2, 0.25) is 11.6 Å². The number of nitrogens with one attached hydrogen (secondary N) is 1. The maximum absolute atomic E-state index is 11.8. The summed E-state index contributed by atoms with van der Waals surface area (Å²) < 4.78 is 5.59. The van der Waals surface area contributed by atoms with Crippen LogP contribution >= 0.6 is 0 Å². The molecule has 0 aliphatic carbocycles. The lowest BCUT2D eigenvalue weighted by Crippen LogP contribution is -2.18. The minimum atomic E-state index is -0.783. The molecule has 0 unspecified atom stereocenters. The molecule has 1 N–H and O–H groups in total. The van der Waals surface area contributed by atoms with Crippen molar-refractivity contribution in [1.29, 1.82) is 0 Å². The summed E-state index contributed by atoms with van der Waals surface area (Å²) >= 11 is 0. The first kappa shape index (κ1) is 13.9. The van der Waals surface area contributed by atoms with Gasteiger partial charge in [-0.05, 0) is 22.9 Å². The van der Waals surface area contributed by atoms with Crippen LogP contribution in [0.2, 0.25) is 0 Å². The number of carbonyl (C=O) groups is 2. The SMILES string of the molecule is O=C(Cc1ccc(Cc2ccccc2)o1)C(=O)c1nn[nH]n1. The second kappa shape index (κ2) is 6.13. The summed E-state index contributed by atoms with van der Waals surface area (Å²) in [5, 5.41) is 12.4. The number of hydrogen-bond donors (Lipinski definition) is 1. The molecule has 3 rings (SSSR count). The first-order chi connectivity index (χ1) is 10.7. The highest BCUT2D eigenvalue weighted by molar-refractivity contribution is 6.42. The number of aromatic amines is 1. The van der Waals surface area contributed by atoms with Gasteiger partial charge in [0.25, 0.3) is 5.78 Å². The van der Waals surface area contributed by atoms with E-state index in [-0.39, 0.29) is 12.2 Å². The number of carbonyl (C=O) groups excluding carboxylic acids is 2. The molecular weight excluding hydrogens is 284 g/mol. The molecule has 0 saturated heterocycles. The fourth-order valence-electron chi connectivity index (χ4n) is 2.03. The highest BCUT2D eigenvalue weighted by atomic mass is 16.3. The number of H-pyrrole nitrogens is 1. The lowest BCUT2D eigenvalue weighted by molar-refractivity contribution is -0.114. The smallest absolute Gasteiger partial charge is 0.269 e. The third-order valence-electron chi connectivity index (χ3n) is 3.07. The van der Waals surface area contributed by atoms with E-state index in [1.165, 1.54) is 0 Å². The number of benzene rings is 1. The number of aromatic nitrogens is 4. The molecule has 22 heavy (non-hydrogen) atoms. The molecule has 2 heterocycles. The third kappa shape index (κ3) is 3.14. The van der Waals surface area contributed by atoms with Crippen LogP contribution in [0, 0.1) is 0 Å². The van der Waals surface area contributed by atoms with Gasteiger partial charge in [0.05, 0.1) is 6.42 Å². The van der Waals surface area contributed by atoms with Gasteiger partial charge in [-0.1, -0.05) is 30.3 Å². The van der Waals surface area contributed by atoms with Gasteiger partial charge in [-0.25, -0.2) is 0 Å². The van der Waals surface area contributed by atoms with Crippen LogP contribution in [0.25, 0.3) is 0 Å². The number of tetrazole rings is 1. The van der Waals surface area contributed by atoms with Gasteiger partial charge in [-0.3, -0.25) is 9.59 Å². The summed E-state index contributed by atoms with van der Waals surface area (Å²) in [7, 11) is 0. The van der Waals surface area contributed by atoms with Crippen LogP contribution < -0.4 is 0 Å². The van der Waals surface area contributed by atoms with Crippen LogP contribution in [0.15, 0.2) is 46.9 Å². The van der Waals surface area contributed by atoms with Crippen molar-refractivity contribution in [2.75, 3.05) is 0 Å². The number of Topliss-reactive ketones (excluding diaryl/α,β-unsaturated/α-hetero) is 2. The lowest BCUT2D eigenvalue weighted by Gasteiger charge is -1.98. The first-order valence-electron chi connectivity index (χ1n) is 6.65. The van der Waals surface area contributed by atoms with E-state index in [1.54, 1.807) is 12.1 Å². The molecule has 0 aliphatic heterocycles. The lowest BCUT2D eigenvalue weighted by atomic mass is 10.1. The first-order valence-corrected chi connectivity index (χ1v) is 6.65. The van der Waals surface area contributed by atoms with E-state index < -0.39 is 11.6 Å². The van der Waals surface area contributed by atoms with Crippen LogP contribution in [-0.2, 0) is 17.6 Å². The topological polar surface area (TPSA) is 102 Å². The monoisotopic (exact) mass is 296 g/mol. The molecule has 0 saturated carbocycles. The average Bonchev–Trinajstić information content (AvgIpc) is 3.19. The zero-order valence-electron chi connectivity index (χ0n) is 11.5. The zero-order chi connectivity index (χ0) is 15.4. The Morgan fingerprint density at radius 3 is 2.55 bits per heavy atom. The normalized spacial score (nSPS) is 10.5. The van der Waals surface area contributed by atoms with Gasteiger partial charge in [0.1, 0.15) is 11.5 Å². The predicted octanol–water partition coefficient (Wildman–Crippen LogP) is 1.38. The molecule has 0 fully saturated rings. The van der Waals surface area contributed by atoms with Crippen molar-refractivity contribution in [3.05, 3.63) is 65.4 Å². The molecule has 0 atom stereocenters. The Hall–Kier alpha value is -3.09. The molecule has 0 spiro atoms. The Kier molecular flexibility index (Phi) is 3.86. The Labute approximate surface area is 125 Å². The largest absolute Gasteiger partial charge is 0.465 e. The standard InChI is InChI=1S/C15H12N4O3/c20-13(14(21)15-16-18-19-17-15)9-12-7-6-11(22-12)8-10-4-2-1-3-5-10/h1-7H,8-9H2,(H,16,17,18,19). The van der Waals surface area contributed by atoms with E-state index in [4.69, 9.17) is 4.42 Å². The second-order valence-electron chi connectivity index (χ2n) is 4.69. The Morgan fingerprint density at radius 1 is 1.05 bits per heavy atom. The van der Waals surface area contributed by atoms with Crippen molar-refractivity contribution < 1.29 is 14.0 Å². The van der Waals surface area contributed by atoms with Gasteiger partial charge in [0.15, 0.2) is 0 Å². The Balaban J connectivity index is 1.64. The summed E-state index contributed by atoms with van der Waals surface area (Å²) in [6.07, 6.45) is 0.510. The fourth-order valence-corrected chi connectivity index (χ4v) is 2.03. The maximum atomic E-state index is 11.8. The Bertz CT molecular complexity index is 778. The minimum absolute atomic E-state index is 0.123. The summed E-state index contributed by atoms with van der Waals surface area (Å²) in [6.45, 7) is 0. The summed E-state index contributed by atoms with van der Waals surface area (Å²) in [5.41, 5.74) is 1.11. The van der Waals surface area contributed by atoms with Crippen LogP contribution in [0.3, 0.4) is 0 Å². The van der Waals surface area contributed by atoms with Crippen molar-refractivity contribution in [3.8, 4) is 0 Å². The highest BCUT2D eigenvalue weighted by Crippen LogP contribution is 2.14. The molecule has 2 aromatic heterocycles. The van der Waals surface area contributed by atoms with Gasteiger partial charge >= 0.3 is 0 Å².